The van der Waals surface area contributed by atoms with E-state index >= 15 is 0 Å². The number of anilines is 1. The van der Waals surface area contributed by atoms with Crippen LogP contribution in [0.15, 0.2) is 85.5 Å². The van der Waals surface area contributed by atoms with Gasteiger partial charge in [-0.25, -0.2) is 9.59 Å². The highest BCUT2D eigenvalue weighted by atomic mass is 16.5. The molecule has 1 aliphatic carbocycles. The lowest BCUT2D eigenvalue weighted by Gasteiger charge is -2.17. The molecule has 3 aromatic rings. The Hall–Kier alpha value is -4.39. The molecule has 0 saturated carbocycles. The van der Waals surface area contributed by atoms with Gasteiger partial charge in [-0.3, -0.25) is 10.1 Å². The molecule has 4 rings (SSSR count). The molecule has 7 nitrogen and oxygen atoms in total. The number of amides is 2. The molecule has 0 aliphatic heterocycles. The molecule has 0 heterocycles. The quantitative estimate of drug-likeness (QED) is 0.373. The normalized spacial score (nSPS) is 12.7. The molecular weight excluding hydrogens is 444 g/mol. The number of allylic oxidation sites excluding steroid dienone is 1. The van der Waals surface area contributed by atoms with Gasteiger partial charge in [0.25, 0.3) is 5.91 Å². The van der Waals surface area contributed by atoms with Crippen LogP contribution >= 0.6 is 0 Å². The molecule has 0 aromatic heterocycles. The lowest BCUT2D eigenvalue weighted by Crippen LogP contribution is -2.41. The summed E-state index contributed by atoms with van der Waals surface area (Å²) in [5.41, 5.74) is 4.83. The number of aliphatic carboxylic acids is 1. The number of para-hydroxylation sites is 1. The van der Waals surface area contributed by atoms with Crippen molar-refractivity contribution < 1.29 is 24.2 Å². The minimum Gasteiger partial charge on any atom is -0.480 e. The Labute approximate surface area is 203 Å². The van der Waals surface area contributed by atoms with Crippen molar-refractivity contribution in [3.8, 4) is 11.1 Å². The van der Waals surface area contributed by atoms with E-state index in [2.05, 4.69) is 29.3 Å². The van der Waals surface area contributed by atoms with E-state index in [0.29, 0.717) is 6.42 Å². The van der Waals surface area contributed by atoms with E-state index in [4.69, 9.17) is 4.74 Å². The Morgan fingerprint density at radius 3 is 2.17 bits per heavy atom. The van der Waals surface area contributed by atoms with Crippen molar-refractivity contribution >= 4 is 23.7 Å². The molecule has 0 bridgehead atoms. The van der Waals surface area contributed by atoms with Gasteiger partial charge in [0, 0.05) is 5.92 Å². The standard InChI is InChI=1S/C28H26N2O5/c1-2-3-15-25(27(32)33)29-26(31)22-14-8-9-16-24(22)30-28(34)35-17-23-20-12-6-4-10-18(20)19-11-5-7-13-21(19)23/h2,4-14,16,23,25H,1,3,15,17H2,(H,29,31)(H,30,34)(H,32,33). The lowest BCUT2D eigenvalue weighted by molar-refractivity contribution is -0.139. The van der Waals surface area contributed by atoms with Gasteiger partial charge in [-0.15, -0.1) is 6.58 Å². The van der Waals surface area contributed by atoms with Crippen LogP contribution in [-0.2, 0) is 9.53 Å². The van der Waals surface area contributed by atoms with Crippen molar-refractivity contribution in [2.24, 2.45) is 0 Å². The van der Waals surface area contributed by atoms with E-state index < -0.39 is 24.0 Å². The molecule has 178 valence electrons. The molecule has 7 heteroatoms. The van der Waals surface area contributed by atoms with E-state index in [-0.39, 0.29) is 30.2 Å². The van der Waals surface area contributed by atoms with Crippen molar-refractivity contribution in [1.82, 2.24) is 5.32 Å². The van der Waals surface area contributed by atoms with Crippen LogP contribution in [0.5, 0.6) is 0 Å². The van der Waals surface area contributed by atoms with Gasteiger partial charge in [0.15, 0.2) is 0 Å². The van der Waals surface area contributed by atoms with Gasteiger partial charge in [0.2, 0.25) is 0 Å². The summed E-state index contributed by atoms with van der Waals surface area (Å²) in [5, 5.41) is 14.5. The molecule has 3 N–H and O–H groups in total. The Morgan fingerprint density at radius 1 is 0.943 bits per heavy atom. The average molecular weight is 471 g/mol. The molecule has 0 saturated heterocycles. The highest BCUT2D eigenvalue weighted by Crippen LogP contribution is 2.44. The van der Waals surface area contributed by atoms with Crippen molar-refractivity contribution in [2.45, 2.75) is 24.8 Å². The smallest absolute Gasteiger partial charge is 0.411 e. The average Bonchev–Trinajstić information content (AvgIpc) is 3.19. The number of carboxylic acid groups (broad SMARTS) is 1. The number of benzene rings is 3. The van der Waals surface area contributed by atoms with E-state index in [1.165, 1.54) is 6.07 Å². The van der Waals surface area contributed by atoms with Crippen LogP contribution in [0, 0.1) is 0 Å². The third kappa shape index (κ3) is 5.24. The summed E-state index contributed by atoms with van der Waals surface area (Å²) in [7, 11) is 0. The SMILES string of the molecule is C=CCCC(NC(=O)c1ccccc1NC(=O)OCC1c2ccccc2-c2ccccc21)C(=O)O. The van der Waals surface area contributed by atoms with E-state index in [9.17, 15) is 19.5 Å². The molecule has 0 fully saturated rings. The molecule has 0 radical (unpaired) electrons. The van der Waals surface area contributed by atoms with Gasteiger partial charge < -0.3 is 15.2 Å². The second-order valence-corrected chi connectivity index (χ2v) is 8.23. The highest BCUT2D eigenvalue weighted by Gasteiger charge is 2.29. The monoisotopic (exact) mass is 470 g/mol. The predicted molar refractivity (Wildman–Crippen MR) is 133 cm³/mol. The number of hydrogen-bond donors (Lipinski definition) is 3. The van der Waals surface area contributed by atoms with Crippen LogP contribution in [0.4, 0.5) is 10.5 Å². The zero-order chi connectivity index (χ0) is 24.8. The lowest BCUT2D eigenvalue weighted by atomic mass is 9.98. The number of carbonyl (C=O) groups excluding carboxylic acids is 2. The Balaban J connectivity index is 1.44. The topological polar surface area (TPSA) is 105 Å². The van der Waals surface area contributed by atoms with Crippen LogP contribution in [0.1, 0.15) is 40.2 Å². The summed E-state index contributed by atoms with van der Waals surface area (Å²) >= 11 is 0. The largest absolute Gasteiger partial charge is 0.480 e. The van der Waals surface area contributed by atoms with Crippen molar-refractivity contribution in [1.29, 1.82) is 0 Å². The first kappa shape index (κ1) is 23.8. The summed E-state index contributed by atoms with van der Waals surface area (Å²) in [6, 6.07) is 21.4. The van der Waals surface area contributed by atoms with Gasteiger partial charge in [-0.2, -0.15) is 0 Å². The fourth-order valence-corrected chi connectivity index (χ4v) is 4.31. The van der Waals surface area contributed by atoms with Gasteiger partial charge in [-0.05, 0) is 47.2 Å². The van der Waals surface area contributed by atoms with E-state index in [1.54, 1.807) is 24.3 Å². The fraction of sp³-hybridized carbons (Fsp3) is 0.179. The first-order valence-corrected chi connectivity index (χ1v) is 11.3. The molecule has 1 atom stereocenters. The Morgan fingerprint density at radius 2 is 1.54 bits per heavy atom. The maximum atomic E-state index is 12.8. The molecule has 35 heavy (non-hydrogen) atoms. The third-order valence-corrected chi connectivity index (χ3v) is 6.01. The maximum absolute atomic E-state index is 12.8. The van der Waals surface area contributed by atoms with Crippen molar-refractivity contribution in [2.75, 3.05) is 11.9 Å². The van der Waals surface area contributed by atoms with Crippen LogP contribution in [-0.4, -0.2) is 35.7 Å². The molecule has 1 unspecified atom stereocenters. The van der Waals surface area contributed by atoms with Gasteiger partial charge in [0.1, 0.15) is 12.6 Å². The summed E-state index contributed by atoms with van der Waals surface area (Å²) in [6.07, 6.45) is 1.55. The minimum absolute atomic E-state index is 0.0899. The number of carboxylic acids is 1. The Bertz CT molecular complexity index is 1220. The summed E-state index contributed by atoms with van der Waals surface area (Å²) in [5.74, 6) is -1.83. The van der Waals surface area contributed by atoms with Crippen LogP contribution < -0.4 is 10.6 Å². The number of hydrogen-bond acceptors (Lipinski definition) is 4. The van der Waals surface area contributed by atoms with E-state index in [1.807, 2.05) is 36.4 Å². The van der Waals surface area contributed by atoms with Crippen LogP contribution in [0.25, 0.3) is 11.1 Å². The molecule has 2 amide bonds. The summed E-state index contributed by atoms with van der Waals surface area (Å²) < 4.78 is 5.56. The number of ether oxygens (including phenoxy) is 1. The van der Waals surface area contributed by atoms with Gasteiger partial charge in [0.05, 0.1) is 11.3 Å². The van der Waals surface area contributed by atoms with Crippen LogP contribution in [0.2, 0.25) is 0 Å². The number of rotatable bonds is 9. The molecule has 1 aliphatic rings. The summed E-state index contributed by atoms with van der Waals surface area (Å²) in [6.45, 7) is 3.72. The van der Waals surface area contributed by atoms with E-state index in [0.717, 1.165) is 22.3 Å². The van der Waals surface area contributed by atoms with Gasteiger partial charge >= 0.3 is 12.1 Å². The zero-order valence-corrected chi connectivity index (χ0v) is 19.1. The fourth-order valence-electron chi connectivity index (χ4n) is 4.31. The van der Waals surface area contributed by atoms with Crippen LogP contribution in [0.3, 0.4) is 0 Å². The van der Waals surface area contributed by atoms with Crippen molar-refractivity contribution in [3.05, 3.63) is 102 Å². The highest BCUT2D eigenvalue weighted by molar-refractivity contribution is 6.03. The number of carbonyl (C=O) groups is 3. The molecule has 0 spiro atoms. The van der Waals surface area contributed by atoms with Gasteiger partial charge in [-0.1, -0.05) is 66.7 Å². The number of nitrogens with one attached hydrogen (secondary N) is 2. The predicted octanol–water partition coefficient (Wildman–Crippen LogP) is 5.20. The summed E-state index contributed by atoms with van der Waals surface area (Å²) in [4.78, 5) is 36.9. The third-order valence-electron chi connectivity index (χ3n) is 6.01. The van der Waals surface area contributed by atoms with Crippen molar-refractivity contribution in [3.63, 3.8) is 0 Å². The minimum atomic E-state index is -1.14. The first-order valence-electron chi connectivity index (χ1n) is 11.3. The molecule has 3 aromatic carbocycles. The maximum Gasteiger partial charge on any atom is 0.411 e. The Kier molecular flexibility index (Phi) is 7.26. The second kappa shape index (κ2) is 10.7. The number of fused-ring (bicyclic) bond motifs is 3. The molecular formula is C28H26N2O5. The second-order valence-electron chi connectivity index (χ2n) is 8.23. The zero-order valence-electron chi connectivity index (χ0n) is 19.1. The first-order chi connectivity index (χ1) is 17.0.